The van der Waals surface area contributed by atoms with Gasteiger partial charge >= 0.3 is 0 Å². The van der Waals surface area contributed by atoms with Crippen LogP contribution in [0.15, 0.2) is 12.3 Å². The molecule has 0 rings (SSSR count). The SMILES string of the molecule is F/C=C(/F)N(F)F. The van der Waals surface area contributed by atoms with Crippen molar-refractivity contribution in [1.29, 1.82) is 0 Å². The van der Waals surface area contributed by atoms with Gasteiger partial charge in [-0.1, -0.05) is 8.96 Å². The standard InChI is InChI=1S/C2HF4N/c3-1-2(4)7(5)6/h1H/b2-1-. The quantitative estimate of drug-likeness (QED) is 0.286. The van der Waals surface area contributed by atoms with Gasteiger partial charge in [-0.15, -0.1) is 0 Å². The molecular weight excluding hydrogens is 114 g/mol. The summed E-state index contributed by atoms with van der Waals surface area (Å²) in [5.41, 5.74) is 0. The lowest BCUT2D eigenvalue weighted by atomic mass is 11.0. The zero-order valence-electron chi connectivity index (χ0n) is 3.04. The molecule has 0 saturated carbocycles. The third-order valence-corrected chi connectivity index (χ3v) is 0.252. The van der Waals surface area contributed by atoms with Gasteiger partial charge in [-0.2, -0.15) is 4.39 Å². The Bertz CT molecular complexity index is 77.8. The summed E-state index contributed by atoms with van der Waals surface area (Å²) < 4.78 is 42.7. The fraction of sp³-hybridized carbons (Fsp3) is 0. The zero-order valence-corrected chi connectivity index (χ0v) is 3.04. The highest BCUT2D eigenvalue weighted by Crippen LogP contribution is 2.05. The van der Waals surface area contributed by atoms with Gasteiger partial charge < -0.3 is 0 Å². The topological polar surface area (TPSA) is 3.24 Å². The summed E-state index contributed by atoms with van der Waals surface area (Å²) in [4.78, 5) is 0. The van der Waals surface area contributed by atoms with Gasteiger partial charge in [0, 0.05) is 0 Å². The number of rotatable bonds is 1. The normalized spacial score (nSPS) is 11.7. The molecular formula is C2HF4N. The molecule has 0 spiro atoms. The minimum atomic E-state index is -2.19. The van der Waals surface area contributed by atoms with Crippen molar-refractivity contribution in [3.8, 4) is 0 Å². The lowest BCUT2D eigenvalue weighted by molar-refractivity contribution is -0.138. The first-order chi connectivity index (χ1) is 3.18. The summed E-state index contributed by atoms with van der Waals surface area (Å²) in [6.07, 6.45) is -0.833. The highest BCUT2D eigenvalue weighted by Gasteiger charge is 2.02. The third-order valence-electron chi connectivity index (χ3n) is 0.252. The molecule has 0 aromatic heterocycles. The summed E-state index contributed by atoms with van der Waals surface area (Å²) in [5, 5.41) is -1.96. The molecule has 0 fully saturated rings. The van der Waals surface area contributed by atoms with Crippen molar-refractivity contribution >= 4 is 0 Å². The van der Waals surface area contributed by atoms with E-state index in [1.165, 1.54) is 0 Å². The van der Waals surface area contributed by atoms with Gasteiger partial charge in [0.05, 0.1) is 0 Å². The van der Waals surface area contributed by atoms with E-state index >= 15 is 0 Å². The lowest BCUT2D eigenvalue weighted by Gasteiger charge is -1.90. The molecule has 0 heterocycles. The van der Waals surface area contributed by atoms with Crippen LogP contribution >= 0.6 is 0 Å². The van der Waals surface area contributed by atoms with Crippen LogP contribution in [0.25, 0.3) is 0 Å². The number of hydrogen-bond acceptors (Lipinski definition) is 1. The molecule has 0 aliphatic heterocycles. The Kier molecular flexibility index (Phi) is 2.18. The van der Waals surface area contributed by atoms with Crippen LogP contribution in [-0.2, 0) is 0 Å². The second kappa shape index (κ2) is 2.44. The van der Waals surface area contributed by atoms with Crippen LogP contribution in [0.1, 0.15) is 0 Å². The van der Waals surface area contributed by atoms with Gasteiger partial charge in [-0.3, -0.25) is 0 Å². The average molecular weight is 115 g/mol. The van der Waals surface area contributed by atoms with E-state index in [2.05, 4.69) is 0 Å². The summed E-state index contributed by atoms with van der Waals surface area (Å²) in [7, 11) is 0. The molecule has 5 heteroatoms. The Hall–Kier alpha value is -0.740. The fourth-order valence-corrected chi connectivity index (χ4v) is 0.0369. The molecule has 0 N–H and O–H groups in total. The molecule has 0 amide bonds. The lowest BCUT2D eigenvalue weighted by Crippen LogP contribution is -1.92. The van der Waals surface area contributed by atoms with E-state index in [1.807, 2.05) is 0 Å². The molecule has 42 valence electrons. The molecule has 0 saturated heterocycles. The van der Waals surface area contributed by atoms with Crippen LogP contribution < -0.4 is 0 Å². The van der Waals surface area contributed by atoms with Crippen LogP contribution in [0.4, 0.5) is 17.7 Å². The molecule has 0 aromatic carbocycles. The molecule has 7 heavy (non-hydrogen) atoms. The maximum Gasteiger partial charge on any atom is 0.280 e. The van der Waals surface area contributed by atoms with Crippen LogP contribution in [0.5, 0.6) is 0 Å². The van der Waals surface area contributed by atoms with Crippen molar-refractivity contribution in [3.05, 3.63) is 12.3 Å². The first-order valence-corrected chi connectivity index (χ1v) is 1.26. The summed E-state index contributed by atoms with van der Waals surface area (Å²) in [6, 6.07) is 0. The largest absolute Gasteiger partial charge is 0.280 e. The maximum atomic E-state index is 10.9. The number of halogens is 4. The van der Waals surface area contributed by atoms with Gasteiger partial charge in [0.15, 0.2) is 0 Å². The van der Waals surface area contributed by atoms with Crippen molar-refractivity contribution in [2.24, 2.45) is 0 Å². The maximum absolute atomic E-state index is 10.9. The average Bonchev–Trinajstić information content (AvgIpc) is 1.65. The van der Waals surface area contributed by atoms with E-state index < -0.39 is 17.6 Å². The first kappa shape index (κ1) is 6.26. The van der Waals surface area contributed by atoms with E-state index in [0.29, 0.717) is 0 Å². The third kappa shape index (κ3) is 2.02. The van der Waals surface area contributed by atoms with Crippen molar-refractivity contribution in [3.63, 3.8) is 0 Å². The highest BCUT2D eigenvalue weighted by molar-refractivity contribution is 4.74. The molecule has 0 aliphatic carbocycles. The van der Waals surface area contributed by atoms with Crippen molar-refractivity contribution in [1.82, 2.24) is 5.34 Å². The minimum Gasteiger partial charge on any atom is -0.210 e. The molecule has 0 unspecified atom stereocenters. The zero-order chi connectivity index (χ0) is 5.86. The Morgan fingerprint density at radius 1 is 1.43 bits per heavy atom. The molecule has 0 bridgehead atoms. The Morgan fingerprint density at radius 3 is 1.86 bits per heavy atom. The molecule has 0 radical (unpaired) electrons. The molecule has 0 atom stereocenters. The van der Waals surface area contributed by atoms with Gasteiger partial charge in [0.2, 0.25) is 0 Å². The summed E-state index contributed by atoms with van der Waals surface area (Å²) in [5.74, 6) is -2.19. The minimum absolute atomic E-state index is 0.833. The Labute approximate surface area is 36.7 Å². The van der Waals surface area contributed by atoms with Crippen molar-refractivity contribution in [2.75, 3.05) is 0 Å². The molecule has 1 nitrogen and oxygen atoms in total. The second-order valence-corrected chi connectivity index (χ2v) is 0.665. The van der Waals surface area contributed by atoms with E-state index in [4.69, 9.17) is 0 Å². The summed E-state index contributed by atoms with van der Waals surface area (Å²) >= 11 is 0. The van der Waals surface area contributed by atoms with Crippen molar-refractivity contribution in [2.45, 2.75) is 0 Å². The second-order valence-electron chi connectivity index (χ2n) is 0.665. The molecule has 0 aliphatic rings. The smallest absolute Gasteiger partial charge is 0.210 e. The highest BCUT2D eigenvalue weighted by atomic mass is 19.4. The van der Waals surface area contributed by atoms with Crippen LogP contribution in [0, 0.1) is 0 Å². The van der Waals surface area contributed by atoms with Crippen LogP contribution in [-0.4, -0.2) is 5.34 Å². The van der Waals surface area contributed by atoms with Gasteiger partial charge in [0.25, 0.3) is 5.95 Å². The van der Waals surface area contributed by atoms with E-state index in [9.17, 15) is 17.7 Å². The monoisotopic (exact) mass is 115 g/mol. The number of nitrogens with zero attached hydrogens (tertiary/aromatic N) is 1. The van der Waals surface area contributed by atoms with Gasteiger partial charge in [0.1, 0.15) is 6.33 Å². The van der Waals surface area contributed by atoms with Gasteiger partial charge in [-0.05, 0) is 5.34 Å². The Balaban J connectivity index is 3.56. The van der Waals surface area contributed by atoms with E-state index in [0.717, 1.165) is 0 Å². The fourth-order valence-electron chi connectivity index (χ4n) is 0.0369. The predicted octanol–water partition coefficient (Wildman–Crippen LogP) is 1.80. The summed E-state index contributed by atoms with van der Waals surface area (Å²) in [6.45, 7) is 0. The molecule has 0 aromatic rings. The van der Waals surface area contributed by atoms with Crippen LogP contribution in [0.2, 0.25) is 0 Å². The predicted molar refractivity (Wildman–Crippen MR) is 14.4 cm³/mol. The Morgan fingerprint density at radius 2 is 1.86 bits per heavy atom. The number of hydrogen-bond donors (Lipinski definition) is 0. The first-order valence-electron chi connectivity index (χ1n) is 1.26. The van der Waals surface area contributed by atoms with Gasteiger partial charge in [-0.25, -0.2) is 4.39 Å². The van der Waals surface area contributed by atoms with Crippen LogP contribution in [0.3, 0.4) is 0 Å². The van der Waals surface area contributed by atoms with E-state index in [1.54, 1.807) is 0 Å². The van der Waals surface area contributed by atoms with Crippen molar-refractivity contribution < 1.29 is 17.7 Å². The van der Waals surface area contributed by atoms with E-state index in [-0.39, 0.29) is 0 Å².